The molecule has 30 heavy (non-hydrogen) atoms. The van der Waals surface area contributed by atoms with Gasteiger partial charge in [0.15, 0.2) is 9.84 Å². The van der Waals surface area contributed by atoms with Gasteiger partial charge in [-0.2, -0.15) is 0 Å². The summed E-state index contributed by atoms with van der Waals surface area (Å²) in [4.78, 5) is 13.8. The highest BCUT2D eigenvalue weighted by atomic mass is 32.2. The van der Waals surface area contributed by atoms with Gasteiger partial charge in [0.05, 0.1) is 10.6 Å². The zero-order valence-electron chi connectivity index (χ0n) is 17.6. The molecule has 0 spiro atoms. The van der Waals surface area contributed by atoms with Gasteiger partial charge in [0.1, 0.15) is 0 Å². The third kappa shape index (κ3) is 4.90. The summed E-state index contributed by atoms with van der Waals surface area (Å²) >= 11 is 0. The summed E-state index contributed by atoms with van der Waals surface area (Å²) in [5.74, 6) is 0.0171. The number of piperidine rings is 1. The first-order chi connectivity index (χ1) is 14.2. The molecule has 1 N–H and O–H groups in total. The van der Waals surface area contributed by atoms with Crippen LogP contribution in [0.2, 0.25) is 0 Å². The smallest absolute Gasteiger partial charge is 0.222 e. The minimum Gasteiger partial charge on any atom is -0.411 e. The van der Waals surface area contributed by atoms with E-state index < -0.39 is 9.84 Å². The molecule has 6 nitrogen and oxygen atoms in total. The number of oxime groups is 1. The van der Waals surface area contributed by atoms with Crippen LogP contribution in [0.5, 0.6) is 0 Å². The number of nitrogens with zero attached hydrogens (tertiary/aromatic N) is 2. The molecule has 0 bridgehead atoms. The first kappa shape index (κ1) is 22.0. The van der Waals surface area contributed by atoms with Gasteiger partial charge in [0.2, 0.25) is 5.91 Å². The maximum absolute atomic E-state index is 11.8. The van der Waals surface area contributed by atoms with Gasteiger partial charge in [0, 0.05) is 44.5 Å². The van der Waals surface area contributed by atoms with Crippen molar-refractivity contribution in [3.05, 3.63) is 65.2 Å². The van der Waals surface area contributed by atoms with Crippen LogP contribution >= 0.6 is 0 Å². The SMILES string of the molecule is Cc1ccccc1[C@H](C/C(=N/O)C1CCC(=O)N(C)C1)c1ccc(S(C)(=O)=O)cc1. The first-order valence-electron chi connectivity index (χ1n) is 10.0. The molecule has 7 heteroatoms. The summed E-state index contributed by atoms with van der Waals surface area (Å²) in [5, 5.41) is 13.4. The van der Waals surface area contributed by atoms with E-state index in [1.165, 1.54) is 6.26 Å². The highest BCUT2D eigenvalue weighted by Gasteiger charge is 2.30. The van der Waals surface area contributed by atoms with Crippen molar-refractivity contribution >= 4 is 21.5 Å². The van der Waals surface area contributed by atoms with Crippen LogP contribution in [-0.4, -0.2) is 50.0 Å². The predicted octanol–water partition coefficient (Wildman–Crippen LogP) is 3.62. The third-order valence-electron chi connectivity index (χ3n) is 5.91. The summed E-state index contributed by atoms with van der Waals surface area (Å²) < 4.78 is 23.7. The van der Waals surface area contributed by atoms with Crippen LogP contribution in [0.25, 0.3) is 0 Å². The van der Waals surface area contributed by atoms with Gasteiger partial charge < -0.3 is 10.1 Å². The molecule has 1 unspecified atom stereocenters. The van der Waals surface area contributed by atoms with Crippen LogP contribution in [0.1, 0.15) is 41.9 Å². The Kier molecular flexibility index (Phi) is 6.61. The van der Waals surface area contributed by atoms with Crippen LogP contribution in [0, 0.1) is 12.8 Å². The Balaban J connectivity index is 1.96. The maximum atomic E-state index is 11.8. The van der Waals surface area contributed by atoms with Gasteiger partial charge in [-0.1, -0.05) is 41.6 Å². The van der Waals surface area contributed by atoms with E-state index in [1.54, 1.807) is 24.1 Å². The highest BCUT2D eigenvalue weighted by Crippen LogP contribution is 2.33. The molecule has 1 amide bonds. The number of hydrogen-bond acceptors (Lipinski definition) is 5. The molecule has 1 heterocycles. The fraction of sp³-hybridized carbons (Fsp3) is 0.391. The lowest BCUT2D eigenvalue weighted by atomic mass is 9.80. The standard InChI is InChI=1S/C23H28N2O4S/c1-16-6-4-5-7-20(16)21(17-8-11-19(12-9-17)30(3,28)29)14-22(24-27)18-10-13-23(26)25(2)15-18/h4-9,11-12,18,21,27H,10,13-15H2,1-3H3/b24-22-/t18?,21-/m1/s1. The number of sulfone groups is 1. The van der Waals surface area contributed by atoms with Crippen LogP contribution < -0.4 is 0 Å². The predicted molar refractivity (Wildman–Crippen MR) is 117 cm³/mol. The average Bonchev–Trinajstić information content (AvgIpc) is 2.71. The highest BCUT2D eigenvalue weighted by molar-refractivity contribution is 7.90. The fourth-order valence-corrected chi connectivity index (χ4v) is 4.75. The van der Waals surface area contributed by atoms with Crippen LogP contribution in [0.4, 0.5) is 0 Å². The lowest BCUT2D eigenvalue weighted by Gasteiger charge is -2.31. The van der Waals surface area contributed by atoms with E-state index in [0.717, 1.165) is 16.7 Å². The summed E-state index contributed by atoms with van der Waals surface area (Å²) in [5.41, 5.74) is 3.83. The molecule has 1 fully saturated rings. The number of amides is 1. The Morgan fingerprint density at radius 2 is 1.87 bits per heavy atom. The second-order valence-electron chi connectivity index (χ2n) is 8.06. The van der Waals surface area contributed by atoms with Crippen molar-refractivity contribution in [3.8, 4) is 0 Å². The lowest BCUT2D eigenvalue weighted by Crippen LogP contribution is -2.40. The van der Waals surface area contributed by atoms with E-state index in [9.17, 15) is 18.4 Å². The third-order valence-corrected chi connectivity index (χ3v) is 7.04. The largest absolute Gasteiger partial charge is 0.411 e. The van der Waals surface area contributed by atoms with E-state index in [-0.39, 0.29) is 22.6 Å². The summed E-state index contributed by atoms with van der Waals surface area (Å²) in [6, 6.07) is 15.0. The molecule has 2 atom stereocenters. The van der Waals surface area contributed by atoms with Crippen LogP contribution in [0.3, 0.4) is 0 Å². The van der Waals surface area contributed by atoms with Crippen molar-refractivity contribution < 1.29 is 18.4 Å². The number of aryl methyl sites for hydroxylation is 1. The first-order valence-corrected chi connectivity index (χ1v) is 11.9. The van der Waals surface area contributed by atoms with Crippen LogP contribution in [-0.2, 0) is 14.6 Å². The second kappa shape index (κ2) is 9.00. The Bertz CT molecular complexity index is 1050. The number of hydrogen-bond donors (Lipinski definition) is 1. The molecule has 3 rings (SSSR count). The van der Waals surface area contributed by atoms with Gasteiger partial charge in [-0.05, 0) is 42.2 Å². The summed E-state index contributed by atoms with van der Waals surface area (Å²) in [6.07, 6.45) is 2.79. The molecule has 0 radical (unpaired) electrons. The molecule has 1 aliphatic heterocycles. The van der Waals surface area contributed by atoms with Gasteiger partial charge in [-0.15, -0.1) is 0 Å². The van der Waals surface area contributed by atoms with Crippen LogP contribution in [0.15, 0.2) is 58.6 Å². The van der Waals surface area contributed by atoms with Gasteiger partial charge in [0.25, 0.3) is 0 Å². The Morgan fingerprint density at radius 1 is 1.20 bits per heavy atom. The van der Waals surface area contributed by atoms with Gasteiger partial charge in [-0.3, -0.25) is 4.79 Å². The van der Waals surface area contributed by atoms with E-state index in [0.29, 0.717) is 31.5 Å². The molecule has 160 valence electrons. The minimum atomic E-state index is -3.28. The topological polar surface area (TPSA) is 87.0 Å². The molecule has 0 aliphatic carbocycles. The van der Waals surface area contributed by atoms with E-state index in [4.69, 9.17) is 0 Å². The van der Waals surface area contributed by atoms with Crippen molar-refractivity contribution in [3.63, 3.8) is 0 Å². The second-order valence-corrected chi connectivity index (χ2v) is 10.1. The molecule has 2 aromatic rings. The Hall–Kier alpha value is -2.67. The number of benzene rings is 2. The van der Waals surface area contributed by atoms with E-state index >= 15 is 0 Å². The van der Waals surface area contributed by atoms with Crippen molar-refractivity contribution in [1.82, 2.24) is 4.90 Å². The molecular formula is C23H28N2O4S. The van der Waals surface area contributed by atoms with Gasteiger partial charge >= 0.3 is 0 Å². The van der Waals surface area contributed by atoms with E-state index in [2.05, 4.69) is 11.2 Å². The molecule has 1 saturated heterocycles. The number of likely N-dealkylation sites (tertiary alicyclic amines) is 1. The van der Waals surface area contributed by atoms with E-state index in [1.807, 2.05) is 37.3 Å². The lowest BCUT2D eigenvalue weighted by molar-refractivity contribution is -0.132. The molecule has 2 aromatic carbocycles. The maximum Gasteiger partial charge on any atom is 0.222 e. The average molecular weight is 429 g/mol. The van der Waals surface area contributed by atoms with Crippen molar-refractivity contribution in [2.45, 2.75) is 37.0 Å². The van der Waals surface area contributed by atoms with Crippen molar-refractivity contribution in [1.29, 1.82) is 0 Å². The Labute approximate surface area is 178 Å². The van der Waals surface area contributed by atoms with Gasteiger partial charge in [-0.25, -0.2) is 8.42 Å². The van der Waals surface area contributed by atoms with Crippen molar-refractivity contribution in [2.75, 3.05) is 19.8 Å². The zero-order chi connectivity index (χ0) is 21.9. The molecular weight excluding hydrogens is 400 g/mol. The summed E-state index contributed by atoms with van der Waals surface area (Å²) in [6.45, 7) is 2.57. The number of rotatable bonds is 6. The molecule has 0 aromatic heterocycles. The Morgan fingerprint density at radius 3 is 2.43 bits per heavy atom. The van der Waals surface area contributed by atoms with Crippen molar-refractivity contribution in [2.24, 2.45) is 11.1 Å². The monoisotopic (exact) mass is 428 g/mol. The quantitative estimate of drug-likeness (QED) is 0.432. The molecule has 0 saturated carbocycles. The minimum absolute atomic E-state index is 0.000453. The zero-order valence-corrected chi connectivity index (χ0v) is 18.4. The fourth-order valence-electron chi connectivity index (χ4n) is 4.11. The number of carbonyl (C=O) groups is 1. The number of carbonyl (C=O) groups excluding carboxylic acids is 1. The summed E-state index contributed by atoms with van der Waals surface area (Å²) in [7, 11) is -1.51. The molecule has 1 aliphatic rings. The normalized spacial score (nSPS) is 19.0.